The fraction of sp³-hybridized carbons (Fsp3) is 0.692. The first kappa shape index (κ1) is 13.9. The first-order valence-corrected chi connectivity index (χ1v) is 6.74. The molecule has 1 aliphatic rings. The third kappa shape index (κ3) is 2.89. The van der Waals surface area contributed by atoms with Crippen LogP contribution in [0.3, 0.4) is 0 Å². The second-order valence-electron chi connectivity index (χ2n) is 5.26. The topological polar surface area (TPSA) is 76.2 Å². The molecule has 0 radical (unpaired) electrons. The molecule has 0 aromatic carbocycles. The molecule has 6 heteroatoms. The van der Waals surface area contributed by atoms with Crippen LogP contribution in [0.15, 0.2) is 0 Å². The van der Waals surface area contributed by atoms with E-state index in [1.165, 1.54) is 5.56 Å². The van der Waals surface area contributed by atoms with Crippen LogP contribution < -0.4 is 11.1 Å². The molecule has 2 rings (SSSR count). The van der Waals surface area contributed by atoms with Crippen molar-refractivity contribution in [3.8, 4) is 0 Å². The Morgan fingerprint density at radius 3 is 2.95 bits per heavy atom. The Labute approximate surface area is 113 Å². The summed E-state index contributed by atoms with van der Waals surface area (Å²) < 4.78 is 1.86. The molecule has 1 aromatic rings. The van der Waals surface area contributed by atoms with Crippen LogP contribution in [0.4, 0.5) is 5.82 Å². The van der Waals surface area contributed by atoms with E-state index in [0.717, 1.165) is 44.0 Å². The molecular weight excluding hydrogens is 242 g/mol. The summed E-state index contributed by atoms with van der Waals surface area (Å²) in [4.78, 5) is 13.6. The van der Waals surface area contributed by atoms with Gasteiger partial charge in [0.05, 0.1) is 11.6 Å². The van der Waals surface area contributed by atoms with Crippen molar-refractivity contribution in [3.05, 3.63) is 11.3 Å². The number of carbonyl (C=O) groups is 1. The van der Waals surface area contributed by atoms with Crippen LogP contribution in [0.5, 0.6) is 0 Å². The lowest BCUT2D eigenvalue weighted by Crippen LogP contribution is -2.40. The van der Waals surface area contributed by atoms with Gasteiger partial charge in [-0.1, -0.05) is 0 Å². The van der Waals surface area contributed by atoms with E-state index in [9.17, 15) is 4.79 Å². The number of anilines is 1. The third-order valence-corrected chi connectivity index (χ3v) is 3.87. The van der Waals surface area contributed by atoms with Crippen molar-refractivity contribution < 1.29 is 4.79 Å². The van der Waals surface area contributed by atoms with Crippen LogP contribution in [0.25, 0.3) is 0 Å². The average molecular weight is 265 g/mol. The van der Waals surface area contributed by atoms with Crippen molar-refractivity contribution >= 4 is 11.7 Å². The Balaban J connectivity index is 2.10. The van der Waals surface area contributed by atoms with Gasteiger partial charge in [-0.2, -0.15) is 5.10 Å². The quantitative estimate of drug-likeness (QED) is 0.829. The first-order chi connectivity index (χ1) is 9.02. The number of nitrogens with zero attached hydrogens (tertiary/aromatic N) is 3. The van der Waals surface area contributed by atoms with Gasteiger partial charge in [-0.15, -0.1) is 0 Å². The maximum absolute atomic E-state index is 11.3. The van der Waals surface area contributed by atoms with Gasteiger partial charge in [0.1, 0.15) is 5.82 Å². The summed E-state index contributed by atoms with van der Waals surface area (Å²) >= 11 is 0. The molecule has 3 N–H and O–H groups in total. The Kier molecular flexibility index (Phi) is 4.09. The predicted octanol–water partition coefficient (Wildman–Crippen LogP) is 0.468. The summed E-state index contributed by atoms with van der Waals surface area (Å²) in [5, 5.41) is 7.63. The SMILES string of the molecule is CNc1c(CN2CCCC(C(N)=O)C2)c(C)nn1C. The summed E-state index contributed by atoms with van der Waals surface area (Å²) in [6.45, 7) is 4.61. The second kappa shape index (κ2) is 5.61. The smallest absolute Gasteiger partial charge is 0.221 e. The zero-order valence-electron chi connectivity index (χ0n) is 11.9. The van der Waals surface area contributed by atoms with Gasteiger partial charge in [0.2, 0.25) is 5.91 Å². The second-order valence-corrected chi connectivity index (χ2v) is 5.26. The minimum absolute atomic E-state index is 0.0104. The number of hydrogen-bond donors (Lipinski definition) is 2. The van der Waals surface area contributed by atoms with E-state index in [1.54, 1.807) is 0 Å². The van der Waals surface area contributed by atoms with E-state index in [0.29, 0.717) is 0 Å². The fourth-order valence-electron chi connectivity index (χ4n) is 2.86. The summed E-state index contributed by atoms with van der Waals surface area (Å²) in [6, 6.07) is 0. The number of rotatable bonds is 4. The van der Waals surface area contributed by atoms with Crippen LogP contribution >= 0.6 is 0 Å². The van der Waals surface area contributed by atoms with E-state index in [1.807, 2.05) is 25.7 Å². The van der Waals surface area contributed by atoms with E-state index in [4.69, 9.17) is 5.73 Å². The van der Waals surface area contributed by atoms with Crippen molar-refractivity contribution in [1.82, 2.24) is 14.7 Å². The minimum Gasteiger partial charge on any atom is -0.373 e. The molecule has 1 aromatic heterocycles. The van der Waals surface area contributed by atoms with Crippen LogP contribution in [0, 0.1) is 12.8 Å². The Bertz CT molecular complexity index is 468. The molecule has 1 unspecified atom stereocenters. The number of amides is 1. The monoisotopic (exact) mass is 265 g/mol. The van der Waals surface area contributed by atoms with E-state index in [-0.39, 0.29) is 11.8 Å². The zero-order valence-corrected chi connectivity index (χ0v) is 11.9. The van der Waals surface area contributed by atoms with E-state index in [2.05, 4.69) is 15.3 Å². The van der Waals surface area contributed by atoms with E-state index < -0.39 is 0 Å². The van der Waals surface area contributed by atoms with Crippen LogP contribution in [0.2, 0.25) is 0 Å². The lowest BCUT2D eigenvalue weighted by Gasteiger charge is -2.31. The third-order valence-electron chi connectivity index (χ3n) is 3.87. The number of carbonyl (C=O) groups excluding carboxylic acids is 1. The molecule has 1 amide bonds. The highest BCUT2D eigenvalue weighted by atomic mass is 16.1. The van der Waals surface area contributed by atoms with Gasteiger partial charge in [0.25, 0.3) is 0 Å². The lowest BCUT2D eigenvalue weighted by atomic mass is 9.97. The van der Waals surface area contributed by atoms with Crippen molar-refractivity contribution in [2.75, 3.05) is 25.5 Å². The number of piperidine rings is 1. The van der Waals surface area contributed by atoms with Crippen LogP contribution in [0.1, 0.15) is 24.1 Å². The van der Waals surface area contributed by atoms with Crippen LogP contribution in [-0.2, 0) is 18.4 Å². The highest BCUT2D eigenvalue weighted by Gasteiger charge is 2.25. The number of likely N-dealkylation sites (tertiary alicyclic amines) is 1. The van der Waals surface area contributed by atoms with Gasteiger partial charge in [0.15, 0.2) is 0 Å². The normalized spacial score (nSPS) is 20.5. The van der Waals surface area contributed by atoms with Gasteiger partial charge < -0.3 is 11.1 Å². The number of hydrogen-bond acceptors (Lipinski definition) is 4. The molecule has 0 aliphatic carbocycles. The molecule has 106 valence electrons. The molecule has 1 aliphatic heterocycles. The fourth-order valence-corrected chi connectivity index (χ4v) is 2.86. The summed E-state index contributed by atoms with van der Waals surface area (Å²) in [6.07, 6.45) is 1.94. The Morgan fingerprint density at radius 1 is 1.58 bits per heavy atom. The standard InChI is InChI=1S/C13H23N5O/c1-9-11(13(15-2)17(3)16-9)8-18-6-4-5-10(7-18)12(14)19/h10,15H,4-8H2,1-3H3,(H2,14,19). The highest BCUT2D eigenvalue weighted by molar-refractivity contribution is 5.76. The molecule has 1 fully saturated rings. The lowest BCUT2D eigenvalue weighted by molar-refractivity contribution is -0.123. The zero-order chi connectivity index (χ0) is 14.0. The molecule has 19 heavy (non-hydrogen) atoms. The number of aromatic nitrogens is 2. The van der Waals surface area contributed by atoms with Crippen molar-refractivity contribution in [2.24, 2.45) is 18.7 Å². The van der Waals surface area contributed by atoms with Gasteiger partial charge in [0, 0.05) is 32.7 Å². The maximum atomic E-state index is 11.3. The molecule has 0 bridgehead atoms. The van der Waals surface area contributed by atoms with Crippen molar-refractivity contribution in [2.45, 2.75) is 26.3 Å². The van der Waals surface area contributed by atoms with Gasteiger partial charge in [-0.3, -0.25) is 14.4 Å². The van der Waals surface area contributed by atoms with Gasteiger partial charge in [-0.25, -0.2) is 0 Å². The highest BCUT2D eigenvalue weighted by Crippen LogP contribution is 2.23. The van der Waals surface area contributed by atoms with Gasteiger partial charge >= 0.3 is 0 Å². The average Bonchev–Trinajstić information content (AvgIpc) is 2.64. The predicted molar refractivity (Wildman–Crippen MR) is 74.7 cm³/mol. The molecule has 2 heterocycles. The Morgan fingerprint density at radius 2 is 2.32 bits per heavy atom. The van der Waals surface area contributed by atoms with E-state index >= 15 is 0 Å². The summed E-state index contributed by atoms with van der Waals surface area (Å²) in [7, 11) is 3.84. The van der Waals surface area contributed by atoms with Gasteiger partial charge in [-0.05, 0) is 26.3 Å². The van der Waals surface area contributed by atoms with Crippen molar-refractivity contribution in [3.63, 3.8) is 0 Å². The maximum Gasteiger partial charge on any atom is 0.221 e. The number of primary amides is 1. The van der Waals surface area contributed by atoms with Crippen LogP contribution in [-0.4, -0.2) is 40.7 Å². The van der Waals surface area contributed by atoms with Crippen molar-refractivity contribution in [1.29, 1.82) is 0 Å². The largest absolute Gasteiger partial charge is 0.373 e. The molecule has 1 saturated heterocycles. The minimum atomic E-state index is -0.179. The summed E-state index contributed by atoms with van der Waals surface area (Å²) in [5.41, 5.74) is 7.66. The summed E-state index contributed by atoms with van der Waals surface area (Å²) in [5.74, 6) is 0.851. The molecule has 1 atom stereocenters. The number of nitrogens with two attached hydrogens (primary N) is 1. The number of aryl methyl sites for hydroxylation is 2. The number of nitrogens with one attached hydrogen (secondary N) is 1. The molecular formula is C13H23N5O. The molecule has 0 spiro atoms. The molecule has 6 nitrogen and oxygen atoms in total. The molecule has 0 saturated carbocycles. The Hall–Kier alpha value is -1.56. The first-order valence-electron chi connectivity index (χ1n) is 6.74.